The molecule has 2 N–H and O–H groups in total. The highest BCUT2D eigenvalue weighted by Gasteiger charge is 2.38. The summed E-state index contributed by atoms with van der Waals surface area (Å²) in [4.78, 5) is 25.0. The fourth-order valence-corrected chi connectivity index (χ4v) is 3.63. The molecular weight excluding hydrogens is 264 g/mol. The Morgan fingerprint density at radius 2 is 1.84 bits per heavy atom. The van der Waals surface area contributed by atoms with Crippen molar-refractivity contribution in [2.24, 2.45) is 5.41 Å². The Morgan fingerprint density at radius 3 is 2.37 bits per heavy atom. The van der Waals surface area contributed by atoms with E-state index in [0.29, 0.717) is 32.0 Å². The van der Waals surface area contributed by atoms with Crippen molar-refractivity contribution < 1.29 is 14.7 Å². The number of rotatable bonds is 2. The van der Waals surface area contributed by atoms with Crippen LogP contribution in [0, 0.1) is 5.41 Å². The largest absolute Gasteiger partial charge is 0.481 e. The van der Waals surface area contributed by atoms with E-state index in [0.717, 1.165) is 24.3 Å². The van der Waals surface area contributed by atoms with Crippen LogP contribution in [-0.4, -0.2) is 52.6 Å². The maximum atomic E-state index is 12.1. The van der Waals surface area contributed by atoms with Gasteiger partial charge in [0.05, 0.1) is 5.41 Å². The summed E-state index contributed by atoms with van der Waals surface area (Å²) in [5.74, 6) is 1.47. The summed E-state index contributed by atoms with van der Waals surface area (Å²) < 4.78 is 0. The molecule has 0 spiro atoms. The van der Waals surface area contributed by atoms with E-state index in [1.54, 1.807) is 11.8 Å². The van der Waals surface area contributed by atoms with Gasteiger partial charge in [0, 0.05) is 19.1 Å². The minimum absolute atomic E-state index is 0.0238. The number of nitrogens with zero attached hydrogens (tertiary/aromatic N) is 1. The molecule has 2 aliphatic heterocycles. The quantitative estimate of drug-likeness (QED) is 0.812. The first kappa shape index (κ1) is 14.5. The van der Waals surface area contributed by atoms with Crippen LogP contribution in [0.2, 0.25) is 0 Å². The molecule has 2 aliphatic rings. The molecule has 0 aliphatic carbocycles. The van der Waals surface area contributed by atoms with Crippen molar-refractivity contribution in [3.63, 3.8) is 0 Å². The summed E-state index contributed by atoms with van der Waals surface area (Å²) in [5, 5.41) is 12.2. The van der Waals surface area contributed by atoms with Gasteiger partial charge in [0.1, 0.15) is 0 Å². The second kappa shape index (κ2) is 6.03. The number of carbonyl (C=O) groups excluding carboxylic acids is 1. The van der Waals surface area contributed by atoms with E-state index in [-0.39, 0.29) is 6.03 Å². The zero-order valence-corrected chi connectivity index (χ0v) is 12.2. The van der Waals surface area contributed by atoms with Gasteiger partial charge in [-0.1, -0.05) is 0 Å². The topological polar surface area (TPSA) is 69.6 Å². The second-order valence-corrected chi connectivity index (χ2v) is 6.91. The molecule has 2 heterocycles. The van der Waals surface area contributed by atoms with Gasteiger partial charge in [0.2, 0.25) is 0 Å². The van der Waals surface area contributed by atoms with E-state index in [4.69, 9.17) is 5.11 Å². The summed E-state index contributed by atoms with van der Waals surface area (Å²) in [6.45, 7) is 2.84. The molecule has 5 nitrogen and oxygen atoms in total. The van der Waals surface area contributed by atoms with Crippen LogP contribution >= 0.6 is 11.8 Å². The molecule has 0 aromatic rings. The molecular formula is C13H22N2O3S. The highest BCUT2D eigenvalue weighted by molar-refractivity contribution is 7.99. The first-order valence-electron chi connectivity index (χ1n) is 6.88. The number of thioether (sulfide) groups is 1. The third-order valence-electron chi connectivity index (χ3n) is 4.22. The number of hydrogen-bond donors (Lipinski definition) is 2. The molecule has 0 aromatic heterocycles. The fraction of sp³-hybridized carbons (Fsp3) is 0.846. The van der Waals surface area contributed by atoms with Crippen LogP contribution in [0.5, 0.6) is 0 Å². The smallest absolute Gasteiger partial charge is 0.317 e. The van der Waals surface area contributed by atoms with Crippen molar-refractivity contribution in [3.8, 4) is 0 Å². The lowest BCUT2D eigenvalue weighted by molar-refractivity contribution is -0.150. The molecule has 0 aromatic carbocycles. The van der Waals surface area contributed by atoms with Crippen LogP contribution in [0.4, 0.5) is 4.79 Å². The first-order chi connectivity index (χ1) is 9.01. The van der Waals surface area contributed by atoms with Gasteiger partial charge in [-0.3, -0.25) is 4.79 Å². The van der Waals surface area contributed by atoms with Crippen molar-refractivity contribution in [2.75, 3.05) is 24.6 Å². The SMILES string of the molecule is CC1(C(=O)O)CCN(C(=O)NC2CCSCC2)CC1. The Bertz CT molecular complexity index is 348. The number of piperidine rings is 1. The van der Waals surface area contributed by atoms with Crippen LogP contribution in [0.1, 0.15) is 32.6 Å². The van der Waals surface area contributed by atoms with Gasteiger partial charge in [-0.05, 0) is 44.1 Å². The molecule has 0 saturated carbocycles. The third kappa shape index (κ3) is 3.55. The minimum atomic E-state index is -0.753. The molecule has 0 atom stereocenters. The van der Waals surface area contributed by atoms with E-state index in [1.165, 1.54) is 0 Å². The van der Waals surface area contributed by atoms with Crippen LogP contribution in [0.25, 0.3) is 0 Å². The summed E-state index contributed by atoms with van der Waals surface area (Å²) in [5.41, 5.74) is -0.668. The van der Waals surface area contributed by atoms with Crippen LogP contribution < -0.4 is 5.32 Å². The number of hydrogen-bond acceptors (Lipinski definition) is 3. The van der Waals surface area contributed by atoms with Crippen molar-refractivity contribution in [1.29, 1.82) is 0 Å². The maximum Gasteiger partial charge on any atom is 0.317 e. The van der Waals surface area contributed by atoms with Crippen molar-refractivity contribution in [1.82, 2.24) is 10.2 Å². The molecule has 0 radical (unpaired) electrons. The Kier molecular flexibility index (Phi) is 4.60. The van der Waals surface area contributed by atoms with Gasteiger partial charge in [-0.2, -0.15) is 11.8 Å². The van der Waals surface area contributed by atoms with Crippen molar-refractivity contribution in [3.05, 3.63) is 0 Å². The Labute approximate surface area is 118 Å². The molecule has 0 unspecified atom stereocenters. The lowest BCUT2D eigenvalue weighted by atomic mass is 9.80. The zero-order chi connectivity index (χ0) is 13.9. The molecule has 19 heavy (non-hydrogen) atoms. The maximum absolute atomic E-state index is 12.1. The number of carboxylic acids is 1. The molecule has 0 bridgehead atoms. The van der Waals surface area contributed by atoms with Gasteiger partial charge in [0.15, 0.2) is 0 Å². The molecule has 6 heteroatoms. The van der Waals surface area contributed by atoms with Crippen LogP contribution in [0.15, 0.2) is 0 Å². The van der Waals surface area contributed by atoms with E-state index >= 15 is 0 Å². The third-order valence-corrected chi connectivity index (χ3v) is 5.27. The average Bonchev–Trinajstić information content (AvgIpc) is 2.40. The summed E-state index contributed by atoms with van der Waals surface area (Å²) in [6, 6.07) is 0.269. The zero-order valence-electron chi connectivity index (χ0n) is 11.4. The van der Waals surface area contributed by atoms with Gasteiger partial charge in [-0.25, -0.2) is 4.79 Å². The highest BCUT2D eigenvalue weighted by Crippen LogP contribution is 2.31. The number of carboxylic acid groups (broad SMARTS) is 1. The van der Waals surface area contributed by atoms with Gasteiger partial charge >= 0.3 is 12.0 Å². The van der Waals surface area contributed by atoms with E-state index in [9.17, 15) is 9.59 Å². The standard InChI is InChI=1S/C13H22N2O3S/c1-13(11(16)17)4-6-15(7-5-13)12(18)14-10-2-8-19-9-3-10/h10H,2-9H2,1H3,(H,14,18)(H,16,17). The number of likely N-dealkylation sites (tertiary alicyclic amines) is 1. The second-order valence-electron chi connectivity index (χ2n) is 5.69. The number of amides is 2. The van der Waals surface area contributed by atoms with E-state index in [1.807, 2.05) is 11.8 Å². The summed E-state index contributed by atoms with van der Waals surface area (Å²) in [7, 11) is 0. The normalized spacial score (nSPS) is 23.9. The van der Waals surface area contributed by atoms with Crippen LogP contribution in [0.3, 0.4) is 0 Å². The number of urea groups is 1. The Balaban J connectivity index is 1.80. The van der Waals surface area contributed by atoms with Gasteiger partial charge in [-0.15, -0.1) is 0 Å². The molecule has 108 valence electrons. The lowest BCUT2D eigenvalue weighted by Crippen LogP contribution is -2.51. The fourth-order valence-electron chi connectivity index (χ4n) is 2.53. The summed E-state index contributed by atoms with van der Waals surface area (Å²) >= 11 is 1.93. The lowest BCUT2D eigenvalue weighted by Gasteiger charge is -2.37. The number of nitrogens with one attached hydrogen (secondary N) is 1. The van der Waals surface area contributed by atoms with Crippen molar-refractivity contribution >= 4 is 23.8 Å². The first-order valence-corrected chi connectivity index (χ1v) is 8.03. The predicted octanol–water partition coefficient (Wildman–Crippen LogP) is 1.78. The van der Waals surface area contributed by atoms with Gasteiger partial charge < -0.3 is 15.3 Å². The van der Waals surface area contributed by atoms with Crippen LogP contribution in [-0.2, 0) is 4.79 Å². The van der Waals surface area contributed by atoms with E-state index < -0.39 is 11.4 Å². The molecule has 2 fully saturated rings. The monoisotopic (exact) mass is 286 g/mol. The predicted molar refractivity (Wildman–Crippen MR) is 75.4 cm³/mol. The Morgan fingerprint density at radius 1 is 1.26 bits per heavy atom. The average molecular weight is 286 g/mol. The highest BCUT2D eigenvalue weighted by atomic mass is 32.2. The molecule has 2 rings (SSSR count). The van der Waals surface area contributed by atoms with E-state index in [2.05, 4.69) is 5.32 Å². The number of carbonyl (C=O) groups is 2. The van der Waals surface area contributed by atoms with Gasteiger partial charge in [0.25, 0.3) is 0 Å². The molecule has 2 amide bonds. The Hall–Kier alpha value is -0.910. The minimum Gasteiger partial charge on any atom is -0.481 e. The van der Waals surface area contributed by atoms with Crippen molar-refractivity contribution in [2.45, 2.75) is 38.6 Å². The molecule has 2 saturated heterocycles. The summed E-state index contributed by atoms with van der Waals surface area (Å²) in [6.07, 6.45) is 3.15. The number of aliphatic carboxylic acids is 1.